The van der Waals surface area contributed by atoms with Crippen molar-refractivity contribution in [3.63, 3.8) is 0 Å². The lowest BCUT2D eigenvalue weighted by molar-refractivity contribution is 1.34. The molecule has 1 N–H and O–H groups in total. The lowest BCUT2D eigenvalue weighted by Gasteiger charge is -1.92. The second kappa shape index (κ2) is 3.02. The maximum atomic E-state index is 8.78. The number of fused-ring (bicyclic) bond motifs is 1. The molecule has 1 aromatic heterocycles. The molecule has 1 aromatic carbocycles. The van der Waals surface area contributed by atoms with Gasteiger partial charge in [0.15, 0.2) is 0 Å². The zero-order valence-electron chi connectivity index (χ0n) is 6.87. The molecule has 14 heavy (non-hydrogen) atoms. The Hall–Kier alpha value is -2.04. The number of imidazole rings is 1. The minimum atomic E-state index is 0.180. The van der Waals surface area contributed by atoms with Gasteiger partial charge in [-0.2, -0.15) is 10.5 Å². The number of nitriles is 2. The van der Waals surface area contributed by atoms with Gasteiger partial charge in [0.25, 0.3) is 0 Å². The van der Waals surface area contributed by atoms with Gasteiger partial charge in [0.1, 0.15) is 17.7 Å². The van der Waals surface area contributed by atoms with Crippen molar-refractivity contribution < 1.29 is 0 Å². The molecule has 0 bridgehead atoms. The van der Waals surface area contributed by atoms with E-state index >= 15 is 0 Å². The molecule has 0 spiro atoms. The molecule has 4 nitrogen and oxygen atoms in total. The van der Waals surface area contributed by atoms with Crippen molar-refractivity contribution >= 4 is 22.6 Å². The first kappa shape index (κ1) is 8.55. The first-order chi connectivity index (χ1) is 6.76. The number of H-pyrrole nitrogens is 1. The van der Waals surface area contributed by atoms with E-state index in [1.165, 1.54) is 0 Å². The molecule has 0 aliphatic carbocycles. The maximum absolute atomic E-state index is 8.78. The lowest BCUT2D eigenvalue weighted by Crippen LogP contribution is -1.82. The highest BCUT2D eigenvalue weighted by Gasteiger charge is 2.09. The number of rotatable bonds is 0. The summed E-state index contributed by atoms with van der Waals surface area (Å²) in [5, 5.41) is 17.7. The van der Waals surface area contributed by atoms with E-state index in [9.17, 15) is 0 Å². The molecule has 0 fully saturated rings. The molecule has 0 atom stereocenters. The summed E-state index contributed by atoms with van der Waals surface area (Å²) in [4.78, 5) is 6.66. The Bertz CT molecular complexity index is 534. The Morgan fingerprint density at radius 1 is 1.21 bits per heavy atom. The smallest absolute Gasteiger partial charge is 0.201 e. The standard InChI is InChI=1S/C9H3ClN4/c10-9-13-7-5(3-11)1-2-6(4-12)8(7)14-9/h1-2H,(H,13,14). The predicted molar refractivity (Wildman–Crippen MR) is 50.5 cm³/mol. The highest BCUT2D eigenvalue weighted by molar-refractivity contribution is 6.29. The van der Waals surface area contributed by atoms with E-state index < -0.39 is 0 Å². The van der Waals surface area contributed by atoms with E-state index in [0.29, 0.717) is 22.2 Å². The summed E-state index contributed by atoms with van der Waals surface area (Å²) in [5.41, 5.74) is 1.79. The van der Waals surface area contributed by atoms with Gasteiger partial charge in [-0.1, -0.05) is 0 Å². The lowest BCUT2D eigenvalue weighted by atomic mass is 10.1. The van der Waals surface area contributed by atoms with E-state index in [-0.39, 0.29) is 5.28 Å². The Balaban J connectivity index is 2.95. The van der Waals surface area contributed by atoms with Gasteiger partial charge in [-0.3, -0.25) is 0 Å². The highest BCUT2D eigenvalue weighted by Crippen LogP contribution is 2.21. The minimum absolute atomic E-state index is 0.180. The number of nitrogens with one attached hydrogen (secondary N) is 1. The molecule has 5 heteroatoms. The van der Waals surface area contributed by atoms with Crippen LogP contribution in [0, 0.1) is 22.7 Å². The van der Waals surface area contributed by atoms with Gasteiger partial charge >= 0.3 is 0 Å². The maximum Gasteiger partial charge on any atom is 0.201 e. The monoisotopic (exact) mass is 202 g/mol. The molecule has 0 aliphatic heterocycles. The molecule has 0 saturated carbocycles. The summed E-state index contributed by atoms with van der Waals surface area (Å²) in [6.45, 7) is 0. The Morgan fingerprint density at radius 2 is 1.86 bits per heavy atom. The topological polar surface area (TPSA) is 76.3 Å². The van der Waals surface area contributed by atoms with E-state index in [1.54, 1.807) is 12.1 Å². The van der Waals surface area contributed by atoms with Crippen LogP contribution >= 0.6 is 11.6 Å². The molecule has 1 heterocycles. The zero-order valence-corrected chi connectivity index (χ0v) is 7.63. The average Bonchev–Trinajstić information content (AvgIpc) is 2.57. The van der Waals surface area contributed by atoms with Crippen LogP contribution in [0.15, 0.2) is 12.1 Å². The van der Waals surface area contributed by atoms with Crippen molar-refractivity contribution in [1.29, 1.82) is 10.5 Å². The number of aromatic amines is 1. The van der Waals surface area contributed by atoms with Gasteiger partial charge in [0.05, 0.1) is 16.6 Å². The summed E-state index contributed by atoms with van der Waals surface area (Å²) in [6.07, 6.45) is 0. The Kier molecular flexibility index (Phi) is 1.85. The van der Waals surface area contributed by atoms with Crippen molar-refractivity contribution in [2.45, 2.75) is 0 Å². The van der Waals surface area contributed by atoms with Crippen LogP contribution < -0.4 is 0 Å². The van der Waals surface area contributed by atoms with Gasteiger partial charge < -0.3 is 4.98 Å². The molecule has 0 aliphatic rings. The number of nitrogens with zero attached hydrogens (tertiary/aromatic N) is 3. The first-order valence-corrected chi connectivity index (χ1v) is 4.12. The van der Waals surface area contributed by atoms with E-state index in [2.05, 4.69) is 9.97 Å². The molecule has 0 radical (unpaired) electrons. The van der Waals surface area contributed by atoms with Crippen LogP contribution in [-0.4, -0.2) is 9.97 Å². The van der Waals surface area contributed by atoms with Gasteiger partial charge in [0, 0.05) is 0 Å². The normalized spacial score (nSPS) is 9.64. The molecule has 0 saturated heterocycles. The van der Waals surface area contributed by atoms with Crippen molar-refractivity contribution in [2.24, 2.45) is 0 Å². The summed E-state index contributed by atoms with van der Waals surface area (Å²) in [6, 6.07) is 7.10. The summed E-state index contributed by atoms with van der Waals surface area (Å²) < 4.78 is 0. The van der Waals surface area contributed by atoms with Crippen molar-refractivity contribution in [3.05, 3.63) is 28.5 Å². The fraction of sp³-hybridized carbons (Fsp3) is 0. The largest absolute Gasteiger partial charge is 0.327 e. The van der Waals surface area contributed by atoms with Crippen molar-refractivity contribution in [2.75, 3.05) is 0 Å². The quantitative estimate of drug-likeness (QED) is 0.710. The van der Waals surface area contributed by atoms with Crippen LogP contribution in [0.1, 0.15) is 11.1 Å². The van der Waals surface area contributed by atoms with Crippen LogP contribution in [0.4, 0.5) is 0 Å². The van der Waals surface area contributed by atoms with Crippen LogP contribution in [-0.2, 0) is 0 Å². The van der Waals surface area contributed by atoms with Crippen molar-refractivity contribution in [1.82, 2.24) is 9.97 Å². The molecule has 66 valence electrons. The second-order valence-corrected chi connectivity index (χ2v) is 2.99. The number of benzene rings is 1. The van der Waals surface area contributed by atoms with Crippen LogP contribution in [0.25, 0.3) is 11.0 Å². The third-order valence-electron chi connectivity index (χ3n) is 1.86. The first-order valence-electron chi connectivity index (χ1n) is 3.74. The van der Waals surface area contributed by atoms with Crippen molar-refractivity contribution in [3.8, 4) is 12.1 Å². The minimum Gasteiger partial charge on any atom is -0.327 e. The van der Waals surface area contributed by atoms with E-state index in [1.807, 2.05) is 12.1 Å². The van der Waals surface area contributed by atoms with Gasteiger partial charge in [-0.25, -0.2) is 4.98 Å². The highest BCUT2D eigenvalue weighted by atomic mass is 35.5. The fourth-order valence-corrected chi connectivity index (χ4v) is 1.43. The summed E-state index contributed by atoms with van der Waals surface area (Å²) >= 11 is 5.66. The number of aromatic nitrogens is 2. The fourth-order valence-electron chi connectivity index (χ4n) is 1.25. The average molecular weight is 203 g/mol. The molecular formula is C9H3ClN4. The van der Waals surface area contributed by atoms with Gasteiger partial charge in [-0.05, 0) is 23.7 Å². The predicted octanol–water partition coefficient (Wildman–Crippen LogP) is 1.96. The van der Waals surface area contributed by atoms with Crippen LogP contribution in [0.3, 0.4) is 0 Å². The third kappa shape index (κ3) is 1.10. The zero-order chi connectivity index (χ0) is 10.1. The van der Waals surface area contributed by atoms with Crippen LogP contribution in [0.2, 0.25) is 5.28 Å². The molecule has 0 unspecified atom stereocenters. The molecule has 2 rings (SSSR count). The Morgan fingerprint density at radius 3 is 2.50 bits per heavy atom. The van der Waals surface area contributed by atoms with Crippen LogP contribution in [0.5, 0.6) is 0 Å². The second-order valence-electron chi connectivity index (χ2n) is 2.64. The van der Waals surface area contributed by atoms with Gasteiger partial charge in [0.2, 0.25) is 5.28 Å². The Labute approximate surface area is 84.4 Å². The molecule has 2 aromatic rings. The van der Waals surface area contributed by atoms with E-state index in [4.69, 9.17) is 22.1 Å². The molecular weight excluding hydrogens is 200 g/mol. The molecule has 0 amide bonds. The number of hydrogen-bond donors (Lipinski definition) is 1. The van der Waals surface area contributed by atoms with Gasteiger partial charge in [-0.15, -0.1) is 0 Å². The summed E-state index contributed by atoms with van der Waals surface area (Å²) in [7, 11) is 0. The summed E-state index contributed by atoms with van der Waals surface area (Å²) in [5.74, 6) is 0. The number of halogens is 1. The number of hydrogen-bond acceptors (Lipinski definition) is 3. The third-order valence-corrected chi connectivity index (χ3v) is 2.04. The SMILES string of the molecule is N#Cc1ccc(C#N)c2[nH]c(Cl)nc12. The van der Waals surface area contributed by atoms with E-state index in [0.717, 1.165) is 0 Å².